The molecule has 4 fully saturated rings. The zero-order chi connectivity index (χ0) is 84.2. The van der Waals surface area contributed by atoms with E-state index in [1.54, 1.807) is 0 Å². The summed E-state index contributed by atoms with van der Waals surface area (Å²) in [4.78, 5) is 19.8. The largest absolute Gasteiger partial charge is 0.254 e. The van der Waals surface area contributed by atoms with E-state index in [4.69, 9.17) is 22.7 Å². The standard InChI is InChI=1S/2C28H27N2S.2C27H25N2S/c2*1-18-8-6-7-11-22(18)26-28-24(14-15-30(26)2)25-27(31-28)23-13-12-20(16-21(23)17-29-25)19-9-4-3-5-10-19;2*1-17-7-3-6-10-21(17)25-27-23(13-14-29(25)2)24-26(30-27)22-12-11-19(15-20(22)16-28-24)18-8-4-5-9-18/h2*6-8,11-17,19H,3-5,9-10H2,1-2H3;2*3,6-7,10-16,18H,4-5,8-9H2,1-2H3/q4*+1/i19D;;18D;. The Balaban J connectivity index is 0.000000101. The van der Waals surface area contributed by atoms with Crippen LogP contribution < -0.4 is 18.3 Å². The van der Waals surface area contributed by atoms with Crippen LogP contribution in [0.25, 0.3) is 169 Å². The van der Waals surface area contributed by atoms with E-state index in [9.17, 15) is 0 Å². The summed E-state index contributed by atoms with van der Waals surface area (Å²) in [6, 6.07) is 70.9. The number of benzene rings is 8. The highest BCUT2D eigenvalue weighted by molar-refractivity contribution is 7.28. The molecule has 0 spiro atoms. The quantitative estimate of drug-likeness (QED) is 0.142. The molecule has 8 aromatic carbocycles. The third-order valence-electron chi connectivity index (χ3n) is 27.4. The second-order valence-corrected chi connectivity index (χ2v) is 39.2. The van der Waals surface area contributed by atoms with E-state index >= 15 is 0 Å². The third-order valence-corrected chi connectivity index (χ3v) is 32.3. The number of fused-ring (bicyclic) bond motifs is 20. The van der Waals surface area contributed by atoms with Gasteiger partial charge in [-0.15, -0.1) is 45.3 Å². The Hall–Kier alpha value is -11.1. The van der Waals surface area contributed by atoms with Crippen molar-refractivity contribution in [3.05, 3.63) is 288 Å². The molecule has 24 rings (SSSR count). The van der Waals surface area contributed by atoms with Gasteiger partial charge >= 0.3 is 0 Å². The Morgan fingerprint density at radius 1 is 0.262 bits per heavy atom. The van der Waals surface area contributed by atoms with E-state index in [1.807, 2.05) is 57.7 Å². The lowest BCUT2D eigenvalue weighted by Gasteiger charge is -2.22. The number of pyridine rings is 8. The minimum atomic E-state index is -0.437. The van der Waals surface area contributed by atoms with Crippen LogP contribution in [0.1, 0.15) is 186 Å². The molecule has 4 saturated carbocycles. The number of thiophene rings is 4. The maximum atomic E-state index is 9.03. The van der Waals surface area contributed by atoms with E-state index in [0.717, 1.165) is 107 Å². The Kier molecular flexibility index (Phi) is 20.5. The van der Waals surface area contributed by atoms with Crippen molar-refractivity contribution in [1.82, 2.24) is 19.9 Å². The van der Waals surface area contributed by atoms with Crippen LogP contribution in [0.4, 0.5) is 0 Å². The fraction of sp³-hybridized carbons (Fsp3) is 0.273. The summed E-state index contributed by atoms with van der Waals surface area (Å²) in [7, 11) is 8.54. The lowest BCUT2D eigenvalue weighted by Crippen LogP contribution is -2.30. The molecule has 0 aliphatic heterocycles. The van der Waals surface area contributed by atoms with Gasteiger partial charge in [0.15, 0.2) is 24.8 Å². The zero-order valence-electron chi connectivity index (χ0n) is 73.2. The Labute approximate surface area is 733 Å². The average molecular weight is 1670 g/mol. The summed E-state index contributed by atoms with van der Waals surface area (Å²) in [6.45, 7) is 8.75. The van der Waals surface area contributed by atoms with Crippen LogP contribution in [0.2, 0.25) is 0 Å². The number of rotatable bonds is 8. The van der Waals surface area contributed by atoms with Gasteiger partial charge < -0.3 is 0 Å². The van der Waals surface area contributed by atoms with E-state index in [0.29, 0.717) is 0 Å². The molecule has 0 N–H and O–H groups in total. The van der Waals surface area contributed by atoms with Crippen molar-refractivity contribution in [3.63, 3.8) is 0 Å². The van der Waals surface area contributed by atoms with Gasteiger partial charge in [0.2, 0.25) is 22.8 Å². The highest BCUT2D eigenvalue weighted by atomic mass is 32.1. The lowest BCUT2D eigenvalue weighted by molar-refractivity contribution is -0.659. The van der Waals surface area contributed by atoms with E-state index in [1.165, 1.54) is 234 Å². The smallest absolute Gasteiger partial charge is 0.230 e. The molecule has 0 bridgehead atoms. The molecule has 122 heavy (non-hydrogen) atoms. The summed E-state index contributed by atoms with van der Waals surface area (Å²) < 4.78 is 37.2. The van der Waals surface area contributed by atoms with Crippen molar-refractivity contribution in [2.75, 3.05) is 0 Å². The number of nitrogens with zero attached hydrogens (tertiary/aromatic N) is 8. The minimum absolute atomic E-state index is 0.422. The molecular formula is C110H104N8S4+4. The van der Waals surface area contributed by atoms with E-state index in [-0.39, 0.29) is 0 Å². The Morgan fingerprint density at radius 3 is 0.779 bits per heavy atom. The van der Waals surface area contributed by atoms with Crippen molar-refractivity contribution in [1.29, 1.82) is 0 Å². The van der Waals surface area contributed by atoms with Crippen LogP contribution in [0.15, 0.2) is 244 Å². The summed E-state index contributed by atoms with van der Waals surface area (Å²) >= 11 is 7.47. The van der Waals surface area contributed by atoms with E-state index < -0.39 is 11.8 Å². The molecule has 0 saturated heterocycles. The van der Waals surface area contributed by atoms with Gasteiger partial charge in [-0.05, 0) is 196 Å². The van der Waals surface area contributed by atoms with Crippen molar-refractivity contribution in [2.24, 2.45) is 28.2 Å². The second kappa shape index (κ2) is 32.9. The molecular weight excluding hydrogens is 1560 g/mol. The normalized spacial score (nSPS) is 15.9. The summed E-state index contributed by atoms with van der Waals surface area (Å²) in [5.41, 5.74) is 25.1. The highest BCUT2D eigenvalue weighted by Crippen LogP contribution is 2.49. The number of hydrogen-bond acceptors (Lipinski definition) is 8. The molecule has 4 aliphatic rings. The fourth-order valence-electron chi connectivity index (χ4n) is 20.7. The first kappa shape index (κ1) is 75.8. The molecule has 0 unspecified atom stereocenters. The number of hydrogen-bond donors (Lipinski definition) is 0. The van der Waals surface area contributed by atoms with Crippen LogP contribution in [0.5, 0.6) is 0 Å². The van der Waals surface area contributed by atoms with Crippen molar-refractivity contribution >= 4 is 170 Å². The highest BCUT2D eigenvalue weighted by Gasteiger charge is 2.30. The summed E-state index contributed by atoms with van der Waals surface area (Å²) in [5.74, 6) is 0.602. The lowest BCUT2D eigenvalue weighted by atomic mass is 9.83. The minimum Gasteiger partial charge on any atom is -0.254 e. The van der Waals surface area contributed by atoms with Crippen LogP contribution in [-0.2, 0) is 28.2 Å². The summed E-state index contributed by atoms with van der Waals surface area (Å²) in [5, 5.41) is 15.0. The van der Waals surface area contributed by atoms with Gasteiger partial charge in [0.1, 0.15) is 47.0 Å². The van der Waals surface area contributed by atoms with Gasteiger partial charge in [-0.25, -0.2) is 0 Å². The number of aromatic nitrogens is 8. The third kappa shape index (κ3) is 14.2. The first-order chi connectivity index (χ1) is 60.5. The molecule has 4 aliphatic carbocycles. The zero-order valence-corrected chi connectivity index (χ0v) is 74.5. The van der Waals surface area contributed by atoms with Crippen LogP contribution in [-0.4, -0.2) is 19.9 Å². The maximum Gasteiger partial charge on any atom is 0.230 e. The molecule has 0 amide bonds. The van der Waals surface area contributed by atoms with Crippen molar-refractivity contribution in [2.45, 2.75) is 167 Å². The van der Waals surface area contributed by atoms with Gasteiger partial charge in [0.05, 0.1) is 63.1 Å². The molecule has 0 radical (unpaired) electrons. The SMILES string of the molecule is Cc1ccccc1-c1c2sc3c4ccc(C5CCCC5)cc4cnc3c2cc[n+]1C.Cc1ccccc1-c1c2sc3c4ccc(C5CCCCC5)cc4cnc3c2cc[n+]1C.[2H]C1(c2ccc3c(cnc4c5cc[n+](C)c(-c6ccccc6C)c5sc34)c2)CCCC1.[2H]C1(c2ccc3c(cnc4c5cc[n+](C)c(-c6ccccc6C)c5sc34)c2)CCCCC1. The van der Waals surface area contributed by atoms with Gasteiger partial charge in [-0.2, -0.15) is 18.3 Å². The first-order valence-electron chi connectivity index (χ1n) is 45.3. The monoisotopic (exact) mass is 1670 g/mol. The molecule has 0 atom stereocenters. The Bertz CT molecular complexity index is 7640. The second-order valence-electron chi connectivity index (χ2n) is 35.1. The first-order valence-corrected chi connectivity index (χ1v) is 47.6. The molecule has 12 heteroatoms. The topological polar surface area (TPSA) is 67.1 Å². The molecule has 12 aromatic heterocycles. The molecule has 20 aromatic rings. The van der Waals surface area contributed by atoms with Gasteiger partial charge in [-0.1, -0.05) is 186 Å². The van der Waals surface area contributed by atoms with Crippen molar-refractivity contribution in [3.8, 4) is 45.0 Å². The van der Waals surface area contributed by atoms with Crippen LogP contribution in [0.3, 0.4) is 0 Å². The summed E-state index contributed by atoms with van der Waals surface area (Å²) in [6.07, 6.45) is 38.8. The average Bonchev–Trinajstić information content (AvgIpc) is 1.60. The molecule has 8 nitrogen and oxygen atoms in total. The van der Waals surface area contributed by atoms with Gasteiger partial charge in [0.25, 0.3) is 0 Å². The number of aryl methyl sites for hydroxylation is 8. The molecule has 604 valence electrons. The van der Waals surface area contributed by atoms with Gasteiger partial charge in [-0.3, -0.25) is 19.9 Å². The van der Waals surface area contributed by atoms with Crippen molar-refractivity contribution < 1.29 is 21.0 Å². The van der Waals surface area contributed by atoms with Crippen LogP contribution >= 0.6 is 45.3 Å². The maximum absolute atomic E-state index is 9.03. The van der Waals surface area contributed by atoms with Crippen LogP contribution in [0, 0.1) is 27.7 Å². The molecule has 12 heterocycles. The fourth-order valence-corrected chi connectivity index (χ4v) is 26.2. The predicted octanol–water partition coefficient (Wildman–Crippen LogP) is 29.0. The Morgan fingerprint density at radius 2 is 0.500 bits per heavy atom. The predicted molar refractivity (Wildman–Crippen MR) is 518 cm³/mol. The van der Waals surface area contributed by atoms with Gasteiger partial charge in [0, 0.05) is 116 Å². The van der Waals surface area contributed by atoms with E-state index in [2.05, 4.69) is 305 Å².